The van der Waals surface area contributed by atoms with E-state index in [1.807, 2.05) is 6.07 Å². The first-order chi connectivity index (χ1) is 8.47. The molecule has 0 fully saturated rings. The van der Waals surface area contributed by atoms with Gasteiger partial charge in [-0.25, -0.2) is 4.79 Å². The fourth-order valence-corrected chi connectivity index (χ4v) is 1.25. The van der Waals surface area contributed by atoms with Gasteiger partial charge in [0.15, 0.2) is 5.78 Å². The topological polar surface area (TPSA) is 75.6 Å². The van der Waals surface area contributed by atoms with Gasteiger partial charge in [0.25, 0.3) is 0 Å². The minimum Gasteiger partial charge on any atom is -0.462 e. The van der Waals surface area contributed by atoms with Gasteiger partial charge in [-0.1, -0.05) is 30.3 Å². The molecule has 5 nitrogen and oxygen atoms in total. The summed E-state index contributed by atoms with van der Waals surface area (Å²) in [5.41, 5.74) is -1.15. The number of carbonyl (C=O) groups excluding carboxylic acids is 2. The molecule has 0 aliphatic heterocycles. The van der Waals surface area contributed by atoms with Crippen molar-refractivity contribution in [2.75, 3.05) is 13.7 Å². The van der Waals surface area contributed by atoms with Crippen molar-refractivity contribution >= 4 is 11.8 Å². The van der Waals surface area contributed by atoms with E-state index in [0.29, 0.717) is 5.56 Å². The Bertz CT molecular complexity index is 414. The molecule has 98 valence electrons. The number of likely N-dealkylation sites (N-methyl/N-ethyl adjacent to an activating group) is 1. The van der Waals surface area contributed by atoms with Gasteiger partial charge in [-0.15, -0.1) is 0 Å². The molecule has 0 radical (unpaired) electrons. The van der Waals surface area contributed by atoms with Gasteiger partial charge in [-0.2, -0.15) is 0 Å². The van der Waals surface area contributed by atoms with E-state index in [9.17, 15) is 14.7 Å². The molecule has 0 saturated carbocycles. The lowest BCUT2D eigenvalue weighted by atomic mass is 10.1. The second kappa shape index (κ2) is 6.28. The zero-order chi connectivity index (χ0) is 13.6. The first-order valence-corrected chi connectivity index (χ1v) is 5.64. The van der Waals surface area contributed by atoms with E-state index in [2.05, 4.69) is 5.32 Å². The SMILES string of the molecule is CN[C@@](C)(O)C(=O)OCCC(=O)c1ccccc1. The molecule has 5 heteroatoms. The van der Waals surface area contributed by atoms with Gasteiger partial charge < -0.3 is 9.84 Å². The molecule has 0 aromatic heterocycles. The average Bonchev–Trinajstić information content (AvgIpc) is 2.39. The van der Waals surface area contributed by atoms with Crippen molar-refractivity contribution in [2.45, 2.75) is 19.1 Å². The minimum absolute atomic E-state index is 0.0512. The summed E-state index contributed by atoms with van der Waals surface area (Å²) in [7, 11) is 1.44. The second-order valence-electron chi connectivity index (χ2n) is 4.00. The molecule has 0 bridgehead atoms. The molecule has 0 aliphatic carbocycles. The number of aliphatic hydroxyl groups is 1. The van der Waals surface area contributed by atoms with Crippen LogP contribution in [-0.4, -0.2) is 36.2 Å². The largest absolute Gasteiger partial charge is 0.462 e. The van der Waals surface area contributed by atoms with Gasteiger partial charge in [0.2, 0.25) is 5.72 Å². The highest BCUT2D eigenvalue weighted by molar-refractivity contribution is 5.96. The Morgan fingerprint density at radius 3 is 2.50 bits per heavy atom. The van der Waals surface area contributed by atoms with Crippen molar-refractivity contribution < 1.29 is 19.4 Å². The molecule has 1 atom stereocenters. The van der Waals surface area contributed by atoms with Crippen LogP contribution < -0.4 is 5.32 Å². The van der Waals surface area contributed by atoms with Crippen LogP contribution in [0.2, 0.25) is 0 Å². The lowest BCUT2D eigenvalue weighted by molar-refractivity contribution is -0.166. The van der Waals surface area contributed by atoms with Crippen LogP contribution in [0.4, 0.5) is 0 Å². The molecular weight excluding hydrogens is 234 g/mol. The van der Waals surface area contributed by atoms with E-state index in [-0.39, 0.29) is 18.8 Å². The van der Waals surface area contributed by atoms with Crippen LogP contribution in [0, 0.1) is 0 Å². The van der Waals surface area contributed by atoms with Crippen molar-refractivity contribution in [3.8, 4) is 0 Å². The Kier molecular flexibility index (Phi) is 5.00. The molecule has 1 rings (SSSR count). The Morgan fingerprint density at radius 1 is 1.33 bits per heavy atom. The monoisotopic (exact) mass is 251 g/mol. The van der Waals surface area contributed by atoms with Crippen molar-refractivity contribution in [3.63, 3.8) is 0 Å². The van der Waals surface area contributed by atoms with Crippen molar-refractivity contribution in [1.29, 1.82) is 0 Å². The van der Waals surface area contributed by atoms with Crippen LogP contribution in [0.25, 0.3) is 0 Å². The third-order valence-electron chi connectivity index (χ3n) is 2.54. The zero-order valence-electron chi connectivity index (χ0n) is 10.5. The number of rotatable bonds is 6. The second-order valence-corrected chi connectivity index (χ2v) is 4.00. The predicted octanol–water partition coefficient (Wildman–Crippen LogP) is 0.730. The summed E-state index contributed by atoms with van der Waals surface area (Å²) in [5.74, 6) is -0.904. The summed E-state index contributed by atoms with van der Waals surface area (Å²) in [6.07, 6.45) is 0.0928. The van der Waals surface area contributed by atoms with Crippen LogP contribution in [0.1, 0.15) is 23.7 Å². The summed E-state index contributed by atoms with van der Waals surface area (Å²) >= 11 is 0. The van der Waals surface area contributed by atoms with Crippen LogP contribution in [0.15, 0.2) is 30.3 Å². The number of carbonyl (C=O) groups is 2. The van der Waals surface area contributed by atoms with E-state index >= 15 is 0 Å². The number of hydrogen-bond acceptors (Lipinski definition) is 5. The fourth-order valence-electron chi connectivity index (χ4n) is 1.25. The number of ketones is 1. The Hall–Kier alpha value is -1.72. The van der Waals surface area contributed by atoms with E-state index in [1.54, 1.807) is 24.3 Å². The predicted molar refractivity (Wildman–Crippen MR) is 66.0 cm³/mol. The van der Waals surface area contributed by atoms with Gasteiger partial charge in [0, 0.05) is 12.0 Å². The van der Waals surface area contributed by atoms with Crippen molar-refractivity contribution in [2.24, 2.45) is 0 Å². The quantitative estimate of drug-likeness (QED) is 0.443. The van der Waals surface area contributed by atoms with E-state index in [4.69, 9.17) is 4.74 Å². The Morgan fingerprint density at radius 2 is 1.94 bits per heavy atom. The average molecular weight is 251 g/mol. The Labute approximate surface area is 106 Å². The zero-order valence-corrected chi connectivity index (χ0v) is 10.5. The normalized spacial score (nSPS) is 13.7. The van der Waals surface area contributed by atoms with Gasteiger partial charge in [0.1, 0.15) is 0 Å². The molecular formula is C13H17NO4. The van der Waals surface area contributed by atoms with Gasteiger partial charge in [-0.05, 0) is 14.0 Å². The highest BCUT2D eigenvalue weighted by atomic mass is 16.6. The maximum Gasteiger partial charge on any atom is 0.353 e. The molecule has 18 heavy (non-hydrogen) atoms. The van der Waals surface area contributed by atoms with Crippen molar-refractivity contribution in [3.05, 3.63) is 35.9 Å². The molecule has 0 spiro atoms. The van der Waals surface area contributed by atoms with Crippen LogP contribution >= 0.6 is 0 Å². The third-order valence-corrected chi connectivity index (χ3v) is 2.54. The maximum absolute atomic E-state index is 11.7. The maximum atomic E-state index is 11.7. The molecule has 1 aromatic rings. The Balaban J connectivity index is 2.39. The number of benzene rings is 1. The van der Waals surface area contributed by atoms with Crippen molar-refractivity contribution in [1.82, 2.24) is 5.32 Å². The van der Waals surface area contributed by atoms with Gasteiger partial charge >= 0.3 is 5.97 Å². The molecule has 0 aliphatic rings. The summed E-state index contributed by atoms with van der Waals surface area (Å²) in [6.45, 7) is 1.23. The minimum atomic E-state index is -1.73. The van der Waals surface area contributed by atoms with E-state index in [0.717, 1.165) is 0 Å². The summed E-state index contributed by atoms with van der Waals surface area (Å²) in [5, 5.41) is 11.9. The summed E-state index contributed by atoms with van der Waals surface area (Å²) in [4.78, 5) is 23.0. The van der Waals surface area contributed by atoms with E-state index < -0.39 is 11.7 Å². The molecule has 0 heterocycles. The number of esters is 1. The summed E-state index contributed by atoms with van der Waals surface area (Å²) in [6, 6.07) is 8.76. The first-order valence-electron chi connectivity index (χ1n) is 5.64. The molecule has 0 amide bonds. The number of hydrogen-bond donors (Lipinski definition) is 2. The highest BCUT2D eigenvalue weighted by Gasteiger charge is 2.29. The smallest absolute Gasteiger partial charge is 0.353 e. The summed E-state index contributed by atoms with van der Waals surface area (Å²) < 4.78 is 4.82. The van der Waals surface area contributed by atoms with Crippen LogP contribution in [-0.2, 0) is 9.53 Å². The number of Topliss-reactive ketones (excluding diaryl/α,β-unsaturated/α-hetero) is 1. The lowest BCUT2D eigenvalue weighted by Crippen LogP contribution is -2.48. The molecule has 0 unspecified atom stereocenters. The lowest BCUT2D eigenvalue weighted by Gasteiger charge is -2.19. The fraction of sp³-hybridized carbons (Fsp3) is 0.385. The third kappa shape index (κ3) is 3.94. The van der Waals surface area contributed by atoms with Gasteiger partial charge in [-0.3, -0.25) is 10.1 Å². The molecule has 2 N–H and O–H groups in total. The van der Waals surface area contributed by atoms with E-state index in [1.165, 1.54) is 14.0 Å². The van der Waals surface area contributed by atoms with Crippen LogP contribution in [0.5, 0.6) is 0 Å². The first kappa shape index (κ1) is 14.3. The standard InChI is InChI=1S/C13H17NO4/c1-13(17,14-2)12(16)18-9-8-11(15)10-6-4-3-5-7-10/h3-7,14,17H,8-9H2,1-2H3/t13-/m0/s1. The molecule has 0 saturated heterocycles. The van der Waals surface area contributed by atoms with Crippen LogP contribution in [0.3, 0.4) is 0 Å². The number of ether oxygens (including phenoxy) is 1. The van der Waals surface area contributed by atoms with Gasteiger partial charge in [0.05, 0.1) is 6.61 Å². The number of nitrogens with one attached hydrogen (secondary N) is 1. The molecule has 1 aromatic carbocycles. The highest BCUT2D eigenvalue weighted by Crippen LogP contribution is 2.05.